The van der Waals surface area contributed by atoms with Crippen LogP contribution in [0.3, 0.4) is 0 Å². The molecule has 6 nitrogen and oxygen atoms in total. The van der Waals surface area contributed by atoms with Gasteiger partial charge in [-0.15, -0.1) is 5.06 Å². The van der Waals surface area contributed by atoms with Crippen LogP contribution in [0.2, 0.25) is 0 Å². The maximum absolute atomic E-state index is 10.4. The summed E-state index contributed by atoms with van der Waals surface area (Å²) in [6.45, 7) is 2.83. The van der Waals surface area contributed by atoms with Gasteiger partial charge in [0.2, 0.25) is 0 Å². The fraction of sp³-hybridized carbons (Fsp3) is 0.444. The lowest BCUT2D eigenvalue weighted by atomic mass is 10.3. The number of rotatable bonds is 3. The Bertz CT molecular complexity index is 413. The highest BCUT2D eigenvalue weighted by atomic mass is 32.2. The zero-order valence-corrected chi connectivity index (χ0v) is 9.53. The van der Waals surface area contributed by atoms with Crippen molar-refractivity contribution in [3.63, 3.8) is 0 Å². The molecule has 1 N–H and O–H groups in total. The van der Waals surface area contributed by atoms with E-state index in [-0.39, 0.29) is 0 Å². The molecule has 0 saturated heterocycles. The summed E-state index contributed by atoms with van der Waals surface area (Å²) >= 11 is 1.56. The van der Waals surface area contributed by atoms with Gasteiger partial charge in [-0.2, -0.15) is 0 Å². The standard InChI is InChI=1S/C9H11N3O3S/c1-2-16-8-10-3-6-4-12(15-9(13)14)5-7(6)11-8/h3H,2,4-5H2,1H3,(H,13,14). The summed E-state index contributed by atoms with van der Waals surface area (Å²) < 4.78 is 0. The SMILES string of the molecule is CCSc1ncc2c(n1)CN(OC(=O)O)C2. The van der Waals surface area contributed by atoms with Crippen molar-refractivity contribution < 1.29 is 14.7 Å². The van der Waals surface area contributed by atoms with Crippen molar-refractivity contribution in [2.24, 2.45) is 0 Å². The van der Waals surface area contributed by atoms with Crippen LogP contribution in [-0.4, -0.2) is 32.0 Å². The molecular formula is C9H11N3O3S. The van der Waals surface area contributed by atoms with Gasteiger partial charge in [-0.3, -0.25) is 0 Å². The Morgan fingerprint density at radius 3 is 3.19 bits per heavy atom. The molecule has 7 heteroatoms. The fourth-order valence-electron chi connectivity index (χ4n) is 1.48. The minimum atomic E-state index is -1.30. The molecule has 2 rings (SSSR count). The molecule has 0 atom stereocenters. The Kier molecular flexibility index (Phi) is 3.25. The van der Waals surface area contributed by atoms with Crippen LogP contribution in [0.1, 0.15) is 18.2 Å². The third kappa shape index (κ3) is 2.42. The topological polar surface area (TPSA) is 75.5 Å². The zero-order chi connectivity index (χ0) is 11.5. The average molecular weight is 241 g/mol. The molecule has 16 heavy (non-hydrogen) atoms. The molecule has 1 aliphatic heterocycles. The van der Waals surface area contributed by atoms with Gasteiger partial charge >= 0.3 is 6.16 Å². The predicted molar refractivity (Wildman–Crippen MR) is 56.8 cm³/mol. The van der Waals surface area contributed by atoms with Crippen molar-refractivity contribution in [1.82, 2.24) is 15.0 Å². The van der Waals surface area contributed by atoms with E-state index in [1.54, 1.807) is 18.0 Å². The molecule has 86 valence electrons. The van der Waals surface area contributed by atoms with Crippen molar-refractivity contribution in [3.8, 4) is 0 Å². The second-order valence-corrected chi connectivity index (χ2v) is 4.44. The summed E-state index contributed by atoms with van der Waals surface area (Å²) in [6, 6.07) is 0. The van der Waals surface area contributed by atoms with Gasteiger partial charge in [0.05, 0.1) is 18.8 Å². The number of nitrogens with zero attached hydrogens (tertiary/aromatic N) is 3. The molecule has 0 aliphatic carbocycles. The van der Waals surface area contributed by atoms with Gasteiger partial charge in [0, 0.05) is 11.8 Å². The maximum atomic E-state index is 10.4. The zero-order valence-electron chi connectivity index (χ0n) is 8.71. The van der Waals surface area contributed by atoms with Gasteiger partial charge in [0.15, 0.2) is 5.16 Å². The number of hydrogen-bond acceptors (Lipinski definition) is 6. The van der Waals surface area contributed by atoms with Gasteiger partial charge in [-0.05, 0) is 5.75 Å². The lowest BCUT2D eigenvalue weighted by Crippen LogP contribution is -2.20. The molecule has 0 amide bonds. The Morgan fingerprint density at radius 1 is 1.69 bits per heavy atom. The first-order chi connectivity index (χ1) is 7.69. The quantitative estimate of drug-likeness (QED) is 0.635. The van der Waals surface area contributed by atoms with E-state index < -0.39 is 6.16 Å². The Hall–Kier alpha value is -1.34. The lowest BCUT2D eigenvalue weighted by molar-refractivity contribution is -0.125. The molecule has 0 bridgehead atoms. The van der Waals surface area contributed by atoms with Crippen molar-refractivity contribution >= 4 is 17.9 Å². The summed E-state index contributed by atoms with van der Waals surface area (Å²) in [5.74, 6) is 0.911. The first kappa shape index (κ1) is 11.2. The smallest absolute Gasteiger partial charge is 0.448 e. The molecule has 0 fully saturated rings. The number of hydroxylamine groups is 2. The van der Waals surface area contributed by atoms with E-state index in [2.05, 4.69) is 14.8 Å². The highest BCUT2D eigenvalue weighted by Gasteiger charge is 2.24. The van der Waals surface area contributed by atoms with Crippen LogP contribution in [0.25, 0.3) is 0 Å². The van der Waals surface area contributed by atoms with Crippen molar-refractivity contribution in [2.45, 2.75) is 25.2 Å². The van der Waals surface area contributed by atoms with Crippen LogP contribution < -0.4 is 0 Å². The van der Waals surface area contributed by atoms with Crippen molar-refractivity contribution in [2.75, 3.05) is 5.75 Å². The molecular weight excluding hydrogens is 230 g/mol. The second kappa shape index (κ2) is 4.67. The fourth-order valence-corrected chi connectivity index (χ4v) is 2.04. The van der Waals surface area contributed by atoms with E-state index >= 15 is 0 Å². The monoisotopic (exact) mass is 241 g/mol. The van der Waals surface area contributed by atoms with Crippen LogP contribution in [0.4, 0.5) is 4.79 Å². The van der Waals surface area contributed by atoms with Gasteiger partial charge < -0.3 is 9.94 Å². The Morgan fingerprint density at radius 2 is 2.50 bits per heavy atom. The number of thioether (sulfide) groups is 1. The highest BCUT2D eigenvalue weighted by molar-refractivity contribution is 7.99. The molecule has 0 saturated carbocycles. The van der Waals surface area contributed by atoms with Gasteiger partial charge in [-0.1, -0.05) is 18.7 Å². The second-order valence-electron chi connectivity index (χ2n) is 3.21. The molecule has 1 aromatic rings. The lowest BCUT2D eigenvalue weighted by Gasteiger charge is -2.09. The summed E-state index contributed by atoms with van der Waals surface area (Å²) in [4.78, 5) is 23.5. The van der Waals surface area contributed by atoms with Gasteiger partial charge in [-0.25, -0.2) is 14.8 Å². The summed E-state index contributed by atoms with van der Waals surface area (Å²) in [7, 11) is 0. The normalized spacial score (nSPS) is 14.8. The van der Waals surface area contributed by atoms with Crippen LogP contribution in [-0.2, 0) is 17.9 Å². The van der Waals surface area contributed by atoms with Gasteiger partial charge in [0.1, 0.15) is 0 Å². The molecule has 0 unspecified atom stereocenters. The molecule has 0 spiro atoms. The summed E-state index contributed by atoms with van der Waals surface area (Å²) in [5, 5.41) is 10.6. The van der Waals surface area contributed by atoms with Crippen LogP contribution in [0, 0.1) is 0 Å². The minimum absolute atomic E-state index is 0.390. The molecule has 0 radical (unpaired) electrons. The number of aromatic nitrogens is 2. The Labute approximate surface area is 96.6 Å². The van der Waals surface area contributed by atoms with E-state index in [9.17, 15) is 4.79 Å². The summed E-state index contributed by atoms with van der Waals surface area (Å²) in [6.07, 6.45) is 0.426. The number of hydrogen-bond donors (Lipinski definition) is 1. The third-order valence-corrected chi connectivity index (χ3v) is 2.83. The van der Waals surface area contributed by atoms with Crippen LogP contribution in [0.15, 0.2) is 11.4 Å². The van der Waals surface area contributed by atoms with E-state index in [0.29, 0.717) is 13.1 Å². The molecule has 1 aromatic heterocycles. The minimum Gasteiger partial charge on any atom is -0.448 e. The number of carboxylic acid groups (broad SMARTS) is 1. The number of fused-ring (bicyclic) bond motifs is 1. The highest BCUT2D eigenvalue weighted by Crippen LogP contribution is 2.22. The van der Waals surface area contributed by atoms with Crippen LogP contribution >= 0.6 is 11.8 Å². The largest absolute Gasteiger partial charge is 0.525 e. The van der Waals surface area contributed by atoms with Crippen molar-refractivity contribution in [3.05, 3.63) is 17.5 Å². The summed E-state index contributed by atoms with van der Waals surface area (Å²) in [5.41, 5.74) is 1.76. The van der Waals surface area contributed by atoms with Crippen LogP contribution in [0.5, 0.6) is 0 Å². The average Bonchev–Trinajstić information content (AvgIpc) is 2.58. The van der Waals surface area contributed by atoms with E-state index in [0.717, 1.165) is 22.2 Å². The third-order valence-electron chi connectivity index (χ3n) is 2.09. The first-order valence-corrected chi connectivity index (χ1v) is 5.81. The number of carbonyl (C=O) groups is 1. The van der Waals surface area contributed by atoms with Crippen molar-refractivity contribution in [1.29, 1.82) is 0 Å². The van der Waals surface area contributed by atoms with E-state index in [4.69, 9.17) is 5.11 Å². The maximum Gasteiger partial charge on any atom is 0.525 e. The van der Waals surface area contributed by atoms with E-state index in [1.165, 1.54) is 5.06 Å². The Balaban J connectivity index is 2.08. The van der Waals surface area contributed by atoms with Gasteiger partial charge in [0.25, 0.3) is 0 Å². The predicted octanol–water partition coefficient (Wildman–Crippen LogP) is 1.51. The molecule has 2 heterocycles. The first-order valence-electron chi connectivity index (χ1n) is 4.82. The molecule has 1 aliphatic rings. The van der Waals surface area contributed by atoms with E-state index in [1.807, 2.05) is 6.92 Å². The molecule has 0 aromatic carbocycles.